The molecular weight excluding hydrogens is 248 g/mol. The number of methoxy groups -OCH3 is 1. The molecule has 1 aromatic carbocycles. The first-order valence-electron chi connectivity index (χ1n) is 4.72. The number of phenolic OH excluding ortho intramolecular Hbond substituents is 1. The molecule has 0 saturated heterocycles. The van der Waals surface area contributed by atoms with Crippen molar-refractivity contribution in [1.82, 2.24) is 0 Å². The Labute approximate surface area is 101 Å². The van der Waals surface area contributed by atoms with E-state index in [1.165, 1.54) is 7.11 Å². The summed E-state index contributed by atoms with van der Waals surface area (Å²) in [5.41, 5.74) is -0.894. The highest BCUT2D eigenvalue weighted by molar-refractivity contribution is 5.54. The number of rotatable bonds is 5. The summed E-state index contributed by atoms with van der Waals surface area (Å²) in [6.07, 6.45) is -1.68. The average Bonchev–Trinajstić information content (AvgIpc) is 2.27. The molecule has 0 radical (unpaired) electrons. The van der Waals surface area contributed by atoms with Crippen LogP contribution in [-0.2, 0) is 0 Å². The molecule has 0 saturated carbocycles. The predicted octanol–water partition coefficient (Wildman–Crippen LogP) is 0.619. The second-order valence-electron chi connectivity index (χ2n) is 3.37. The van der Waals surface area contributed by atoms with E-state index in [2.05, 4.69) is 4.74 Å². The van der Waals surface area contributed by atoms with Gasteiger partial charge in [-0.15, -0.1) is 0 Å². The molecule has 98 valence electrons. The molecule has 0 spiro atoms. The Morgan fingerprint density at radius 1 is 1.39 bits per heavy atom. The number of nitro benzene ring substituents is 1. The molecule has 9 heteroatoms. The fourth-order valence-electron chi connectivity index (χ4n) is 1.40. The number of nitrogens with zero attached hydrogens (tertiary/aromatic N) is 2. The third-order valence-corrected chi connectivity index (χ3v) is 2.21. The summed E-state index contributed by atoms with van der Waals surface area (Å²) in [6.45, 7) is -0.896. The zero-order valence-corrected chi connectivity index (χ0v) is 9.27. The summed E-state index contributed by atoms with van der Waals surface area (Å²) >= 11 is 0. The Hall–Kier alpha value is -2.42. The lowest BCUT2D eigenvalue weighted by Gasteiger charge is -2.10. The van der Waals surface area contributed by atoms with Gasteiger partial charge in [0.1, 0.15) is 0 Å². The highest BCUT2D eigenvalue weighted by atomic mass is 16.6. The van der Waals surface area contributed by atoms with Crippen molar-refractivity contribution < 1.29 is 24.8 Å². The van der Waals surface area contributed by atoms with E-state index in [4.69, 9.17) is 0 Å². The van der Waals surface area contributed by atoms with Gasteiger partial charge >= 0.3 is 0 Å². The molecule has 9 nitrogen and oxygen atoms in total. The second kappa shape index (κ2) is 5.27. The van der Waals surface area contributed by atoms with Crippen molar-refractivity contribution in [3.05, 3.63) is 37.9 Å². The minimum Gasteiger partial charge on any atom is -0.504 e. The first-order valence-corrected chi connectivity index (χ1v) is 4.72. The Morgan fingerprint density at radius 2 is 2.00 bits per heavy atom. The van der Waals surface area contributed by atoms with Crippen LogP contribution in [0.5, 0.6) is 11.5 Å². The van der Waals surface area contributed by atoms with E-state index in [0.717, 1.165) is 12.1 Å². The van der Waals surface area contributed by atoms with Crippen LogP contribution in [-0.4, -0.2) is 33.7 Å². The van der Waals surface area contributed by atoms with Crippen LogP contribution in [0.1, 0.15) is 11.7 Å². The Morgan fingerprint density at radius 3 is 2.44 bits per heavy atom. The van der Waals surface area contributed by atoms with Gasteiger partial charge in [0, 0.05) is 4.92 Å². The lowest BCUT2D eigenvalue weighted by atomic mass is 10.1. The number of phenols is 1. The van der Waals surface area contributed by atoms with Crippen molar-refractivity contribution in [3.8, 4) is 11.5 Å². The monoisotopic (exact) mass is 258 g/mol. The molecule has 0 fully saturated rings. The van der Waals surface area contributed by atoms with Gasteiger partial charge in [0.25, 0.3) is 5.69 Å². The van der Waals surface area contributed by atoms with Gasteiger partial charge in [0.2, 0.25) is 6.54 Å². The standard InChI is InChI=1S/C9H10N2O7/c1-18-9-3-6(11(16)17)5(2-7(9)12)8(13)4-10(14)15/h2-3,8,12-13H,4H2,1H3. The van der Waals surface area contributed by atoms with Crippen LogP contribution in [0.25, 0.3) is 0 Å². The number of hydrogen-bond acceptors (Lipinski definition) is 7. The van der Waals surface area contributed by atoms with Crippen LogP contribution in [0, 0.1) is 20.2 Å². The first kappa shape index (κ1) is 13.6. The van der Waals surface area contributed by atoms with Crippen LogP contribution in [0.4, 0.5) is 5.69 Å². The van der Waals surface area contributed by atoms with E-state index in [0.29, 0.717) is 0 Å². The van der Waals surface area contributed by atoms with Gasteiger partial charge in [-0.1, -0.05) is 0 Å². The molecule has 0 heterocycles. The molecule has 18 heavy (non-hydrogen) atoms. The average molecular weight is 258 g/mol. The fraction of sp³-hybridized carbons (Fsp3) is 0.333. The van der Waals surface area contributed by atoms with Gasteiger partial charge in [-0.05, 0) is 6.07 Å². The number of hydrogen-bond donors (Lipinski definition) is 2. The number of benzene rings is 1. The third-order valence-electron chi connectivity index (χ3n) is 2.21. The fourth-order valence-corrected chi connectivity index (χ4v) is 1.40. The van der Waals surface area contributed by atoms with E-state index in [-0.39, 0.29) is 11.3 Å². The lowest BCUT2D eigenvalue weighted by molar-refractivity contribution is -0.492. The molecule has 0 aromatic heterocycles. The summed E-state index contributed by atoms with van der Waals surface area (Å²) in [5.74, 6) is -0.598. The van der Waals surface area contributed by atoms with E-state index in [9.17, 15) is 30.4 Å². The zero-order valence-electron chi connectivity index (χ0n) is 9.27. The molecule has 0 aliphatic heterocycles. The number of nitro groups is 2. The quantitative estimate of drug-likeness (QED) is 0.583. The molecule has 1 rings (SSSR count). The number of aromatic hydroxyl groups is 1. The third kappa shape index (κ3) is 2.83. The molecule has 1 aromatic rings. The van der Waals surface area contributed by atoms with Gasteiger partial charge in [-0.2, -0.15) is 0 Å². The zero-order chi connectivity index (χ0) is 13.9. The first-order chi connectivity index (χ1) is 8.36. The van der Waals surface area contributed by atoms with E-state index < -0.39 is 33.9 Å². The molecule has 0 amide bonds. The van der Waals surface area contributed by atoms with Crippen molar-refractivity contribution >= 4 is 5.69 Å². The number of ether oxygens (including phenoxy) is 1. The summed E-state index contributed by atoms with van der Waals surface area (Å²) in [4.78, 5) is 19.4. The number of aliphatic hydroxyl groups is 1. The van der Waals surface area contributed by atoms with Gasteiger partial charge in [-0.25, -0.2) is 0 Å². The van der Waals surface area contributed by atoms with Crippen molar-refractivity contribution in [3.63, 3.8) is 0 Å². The predicted molar refractivity (Wildman–Crippen MR) is 58.1 cm³/mol. The maximum absolute atomic E-state index is 10.8. The van der Waals surface area contributed by atoms with E-state index in [1.807, 2.05) is 0 Å². The van der Waals surface area contributed by atoms with E-state index in [1.54, 1.807) is 0 Å². The van der Waals surface area contributed by atoms with Gasteiger partial charge < -0.3 is 14.9 Å². The molecule has 2 N–H and O–H groups in total. The molecule has 0 aliphatic rings. The SMILES string of the molecule is COc1cc([N+](=O)[O-])c(C(O)C[N+](=O)[O-])cc1O. The van der Waals surface area contributed by atoms with Crippen LogP contribution >= 0.6 is 0 Å². The number of aliphatic hydroxyl groups excluding tert-OH is 1. The van der Waals surface area contributed by atoms with Crippen LogP contribution in [0.15, 0.2) is 12.1 Å². The summed E-state index contributed by atoms with van der Waals surface area (Å²) in [7, 11) is 1.20. The summed E-state index contributed by atoms with van der Waals surface area (Å²) in [6, 6.07) is 1.78. The van der Waals surface area contributed by atoms with Gasteiger partial charge in [-0.3, -0.25) is 20.2 Å². The van der Waals surface area contributed by atoms with Gasteiger partial charge in [0.05, 0.1) is 23.7 Å². The highest BCUT2D eigenvalue weighted by Crippen LogP contribution is 2.36. The molecule has 0 aliphatic carbocycles. The van der Waals surface area contributed by atoms with Crippen LogP contribution < -0.4 is 4.74 Å². The maximum Gasteiger partial charge on any atom is 0.279 e. The topological polar surface area (TPSA) is 136 Å². The molecule has 1 atom stereocenters. The smallest absolute Gasteiger partial charge is 0.279 e. The summed E-state index contributed by atoms with van der Waals surface area (Å²) < 4.78 is 4.68. The summed E-state index contributed by atoms with van der Waals surface area (Å²) in [5, 5.41) is 40.0. The Kier molecular flexibility index (Phi) is 4.00. The molecule has 0 bridgehead atoms. The van der Waals surface area contributed by atoms with Crippen LogP contribution in [0.3, 0.4) is 0 Å². The van der Waals surface area contributed by atoms with Crippen molar-refractivity contribution in [2.75, 3.05) is 13.7 Å². The minimum atomic E-state index is -1.68. The molecular formula is C9H10N2O7. The Balaban J connectivity index is 3.28. The van der Waals surface area contributed by atoms with Gasteiger partial charge in [0.15, 0.2) is 17.6 Å². The normalized spacial score (nSPS) is 11.9. The second-order valence-corrected chi connectivity index (χ2v) is 3.37. The van der Waals surface area contributed by atoms with Crippen molar-refractivity contribution in [2.45, 2.75) is 6.10 Å². The molecule has 1 unspecified atom stereocenters. The lowest BCUT2D eigenvalue weighted by Crippen LogP contribution is -2.13. The van der Waals surface area contributed by atoms with Crippen molar-refractivity contribution in [2.24, 2.45) is 0 Å². The van der Waals surface area contributed by atoms with E-state index >= 15 is 0 Å². The highest BCUT2D eigenvalue weighted by Gasteiger charge is 2.26. The van der Waals surface area contributed by atoms with Crippen LogP contribution in [0.2, 0.25) is 0 Å². The largest absolute Gasteiger partial charge is 0.504 e. The minimum absolute atomic E-state index is 0.154. The Bertz CT molecular complexity index is 488. The maximum atomic E-state index is 10.8. The van der Waals surface area contributed by atoms with Crippen molar-refractivity contribution in [1.29, 1.82) is 0 Å².